The number of aryl methyl sites for hydroxylation is 1. The molecule has 2 saturated carbocycles. The lowest BCUT2D eigenvalue weighted by Crippen LogP contribution is -2.32. The highest BCUT2D eigenvalue weighted by Crippen LogP contribution is 2.48. The molecule has 0 heterocycles. The molecule has 2 aliphatic carbocycles. The van der Waals surface area contributed by atoms with Gasteiger partial charge in [-0.1, -0.05) is 160 Å². The molecule has 2 aliphatic rings. The van der Waals surface area contributed by atoms with Crippen LogP contribution in [0.4, 0.5) is 0 Å². The average molecular weight is 509 g/mol. The van der Waals surface area contributed by atoms with Crippen molar-refractivity contribution in [3.8, 4) is 0 Å². The van der Waals surface area contributed by atoms with E-state index in [2.05, 4.69) is 39.0 Å². The van der Waals surface area contributed by atoms with E-state index in [4.69, 9.17) is 0 Å². The van der Waals surface area contributed by atoms with Crippen LogP contribution < -0.4 is 0 Å². The van der Waals surface area contributed by atoms with Gasteiger partial charge in [-0.3, -0.25) is 0 Å². The largest absolute Gasteiger partial charge is 0.0654 e. The maximum atomic E-state index is 2.70. The summed E-state index contributed by atoms with van der Waals surface area (Å²) in [6, 6.07) is 7.98. The first kappa shape index (κ1) is 30.8. The first-order valence-electron chi connectivity index (χ1n) is 17.3. The van der Waals surface area contributed by atoms with Gasteiger partial charge in [-0.2, -0.15) is 0 Å². The van der Waals surface area contributed by atoms with Crippen molar-refractivity contribution in [2.45, 2.75) is 199 Å². The Labute approximate surface area is 233 Å². The van der Waals surface area contributed by atoms with Gasteiger partial charge in [-0.05, 0) is 73.0 Å². The molecular formula is C37H64. The van der Waals surface area contributed by atoms with Gasteiger partial charge >= 0.3 is 0 Å². The summed E-state index contributed by atoms with van der Waals surface area (Å²) < 4.78 is 0. The summed E-state index contributed by atoms with van der Waals surface area (Å²) in [7, 11) is 0. The molecule has 0 heteroatoms. The first-order chi connectivity index (χ1) is 18.2. The summed E-state index contributed by atoms with van der Waals surface area (Å²) >= 11 is 0. The molecule has 0 N–H and O–H groups in total. The molecule has 0 bridgehead atoms. The number of rotatable bonds is 18. The van der Waals surface area contributed by atoms with Gasteiger partial charge in [0.25, 0.3) is 0 Å². The summed E-state index contributed by atoms with van der Waals surface area (Å²) in [4.78, 5) is 0. The van der Waals surface area contributed by atoms with Gasteiger partial charge < -0.3 is 0 Å². The quantitative estimate of drug-likeness (QED) is 0.173. The van der Waals surface area contributed by atoms with Crippen molar-refractivity contribution in [1.82, 2.24) is 0 Å². The predicted octanol–water partition coefficient (Wildman–Crippen LogP) is 12.7. The van der Waals surface area contributed by atoms with Crippen molar-refractivity contribution >= 4 is 0 Å². The van der Waals surface area contributed by atoms with Gasteiger partial charge in [0, 0.05) is 0 Å². The molecule has 0 aromatic heterocycles. The van der Waals surface area contributed by atoms with Gasteiger partial charge in [-0.25, -0.2) is 0 Å². The lowest BCUT2D eigenvalue weighted by molar-refractivity contribution is 0.259. The second kappa shape index (κ2) is 17.0. The van der Waals surface area contributed by atoms with Crippen LogP contribution in [-0.2, 0) is 10.8 Å². The van der Waals surface area contributed by atoms with Crippen LogP contribution in [0.1, 0.15) is 197 Å². The third-order valence-corrected chi connectivity index (χ3v) is 10.5. The molecule has 1 aromatic carbocycles. The second-order valence-electron chi connectivity index (χ2n) is 13.5. The molecule has 0 spiro atoms. The van der Waals surface area contributed by atoms with E-state index in [-0.39, 0.29) is 0 Å². The monoisotopic (exact) mass is 509 g/mol. The van der Waals surface area contributed by atoms with Crippen LogP contribution in [0.25, 0.3) is 0 Å². The first-order valence-corrected chi connectivity index (χ1v) is 17.3. The maximum Gasteiger partial charge on any atom is -0.00443 e. The summed E-state index contributed by atoms with van der Waals surface area (Å²) in [6.45, 7) is 7.13. The molecule has 0 radical (unpaired) electrons. The Morgan fingerprint density at radius 3 is 1.43 bits per heavy atom. The zero-order valence-electron chi connectivity index (χ0n) is 25.6. The van der Waals surface area contributed by atoms with Crippen molar-refractivity contribution in [3.05, 3.63) is 34.9 Å². The summed E-state index contributed by atoms with van der Waals surface area (Å²) in [5, 5.41) is 0. The fraction of sp³-hybridized carbons (Fsp3) is 0.838. The summed E-state index contributed by atoms with van der Waals surface area (Å²) in [6.07, 6.45) is 37.4. The van der Waals surface area contributed by atoms with Crippen LogP contribution >= 0.6 is 0 Å². The normalized spacial score (nSPS) is 19.2. The highest BCUT2D eigenvalue weighted by Gasteiger charge is 2.37. The molecule has 0 saturated heterocycles. The Morgan fingerprint density at radius 1 is 0.514 bits per heavy atom. The molecule has 212 valence electrons. The fourth-order valence-electron chi connectivity index (χ4n) is 8.22. The summed E-state index contributed by atoms with van der Waals surface area (Å²) in [5.74, 6) is 0. The minimum absolute atomic E-state index is 0.475. The van der Waals surface area contributed by atoms with Gasteiger partial charge in [0.1, 0.15) is 0 Å². The van der Waals surface area contributed by atoms with E-state index in [0.717, 1.165) is 0 Å². The van der Waals surface area contributed by atoms with Crippen LogP contribution in [0.3, 0.4) is 0 Å². The summed E-state index contributed by atoms with van der Waals surface area (Å²) in [5.41, 5.74) is 6.03. The minimum Gasteiger partial charge on any atom is -0.0654 e. The van der Waals surface area contributed by atoms with Gasteiger partial charge in [-0.15, -0.1) is 0 Å². The average Bonchev–Trinajstić information content (AvgIpc) is 2.93. The third-order valence-electron chi connectivity index (χ3n) is 10.5. The third kappa shape index (κ3) is 9.42. The highest BCUT2D eigenvalue weighted by molar-refractivity contribution is 5.40. The van der Waals surface area contributed by atoms with Crippen molar-refractivity contribution in [2.24, 2.45) is 0 Å². The lowest BCUT2D eigenvalue weighted by atomic mass is 9.63. The number of hydrogen-bond donors (Lipinski definition) is 0. The Hall–Kier alpha value is -0.780. The molecule has 0 aliphatic heterocycles. The van der Waals surface area contributed by atoms with E-state index in [1.54, 1.807) is 16.7 Å². The van der Waals surface area contributed by atoms with E-state index < -0.39 is 0 Å². The van der Waals surface area contributed by atoms with E-state index in [1.807, 2.05) is 0 Å². The molecule has 37 heavy (non-hydrogen) atoms. The molecule has 0 unspecified atom stereocenters. The molecular weight excluding hydrogens is 444 g/mol. The van der Waals surface area contributed by atoms with Crippen molar-refractivity contribution < 1.29 is 0 Å². The van der Waals surface area contributed by atoms with E-state index in [9.17, 15) is 0 Å². The van der Waals surface area contributed by atoms with E-state index in [0.29, 0.717) is 10.8 Å². The topological polar surface area (TPSA) is 0 Å². The molecule has 0 atom stereocenters. The SMILES string of the molecule is CCCCCCCCCC1(c2ccc(C3(CCCCCCCCC)CCCCC3)c(C)c2)CCCCC1. The maximum absolute atomic E-state index is 2.70. The molecule has 3 rings (SSSR count). The van der Waals surface area contributed by atoms with Crippen molar-refractivity contribution in [2.75, 3.05) is 0 Å². The number of benzene rings is 1. The van der Waals surface area contributed by atoms with Crippen LogP contribution in [-0.4, -0.2) is 0 Å². The van der Waals surface area contributed by atoms with Crippen molar-refractivity contribution in [1.29, 1.82) is 0 Å². The van der Waals surface area contributed by atoms with Crippen LogP contribution in [0, 0.1) is 6.92 Å². The standard InChI is InChI=1S/C37H64/c1-4-6-8-10-12-14-18-26-36(27-20-16-21-28-36)34-24-25-35(33(3)32-34)37(30-22-17-23-31-37)29-19-15-13-11-9-7-5-2/h24-25,32H,4-23,26-31H2,1-3H3. The number of hydrogen-bond acceptors (Lipinski definition) is 0. The van der Waals surface area contributed by atoms with Crippen LogP contribution in [0.2, 0.25) is 0 Å². The Kier molecular flexibility index (Phi) is 14.2. The molecule has 0 amide bonds. The zero-order valence-corrected chi connectivity index (χ0v) is 25.6. The van der Waals surface area contributed by atoms with Crippen molar-refractivity contribution in [3.63, 3.8) is 0 Å². The van der Waals surface area contributed by atoms with Gasteiger partial charge in [0.05, 0.1) is 0 Å². The number of unbranched alkanes of at least 4 members (excludes halogenated alkanes) is 12. The Balaban J connectivity index is 1.65. The Morgan fingerprint density at radius 2 is 0.946 bits per heavy atom. The lowest BCUT2D eigenvalue weighted by Gasteiger charge is -2.41. The minimum atomic E-state index is 0.475. The van der Waals surface area contributed by atoms with Gasteiger partial charge in [0.2, 0.25) is 0 Å². The molecule has 2 fully saturated rings. The predicted molar refractivity (Wildman–Crippen MR) is 166 cm³/mol. The van der Waals surface area contributed by atoms with Gasteiger partial charge in [0.15, 0.2) is 0 Å². The molecule has 1 aromatic rings. The second-order valence-corrected chi connectivity index (χ2v) is 13.5. The smallest absolute Gasteiger partial charge is 0.00443 e. The van der Waals surface area contributed by atoms with E-state index in [1.165, 1.54) is 167 Å². The molecule has 0 nitrogen and oxygen atoms in total. The van der Waals surface area contributed by atoms with Crippen LogP contribution in [0.5, 0.6) is 0 Å². The Bertz CT molecular complexity index is 716. The van der Waals surface area contributed by atoms with Crippen LogP contribution in [0.15, 0.2) is 18.2 Å². The fourth-order valence-corrected chi connectivity index (χ4v) is 8.22. The highest BCUT2D eigenvalue weighted by atomic mass is 14.4. The van der Waals surface area contributed by atoms with E-state index >= 15 is 0 Å². The zero-order chi connectivity index (χ0) is 26.2.